The van der Waals surface area contributed by atoms with E-state index in [9.17, 15) is 14.5 Å². The summed E-state index contributed by atoms with van der Waals surface area (Å²) in [5, 5.41) is 16.7. The van der Waals surface area contributed by atoms with Crippen LogP contribution in [0.3, 0.4) is 0 Å². The van der Waals surface area contributed by atoms with E-state index in [1.54, 1.807) is 33.2 Å². The van der Waals surface area contributed by atoms with E-state index in [1.165, 1.54) is 6.66 Å². The molecule has 0 spiro atoms. The number of fused-ring (bicyclic) bond motifs is 1. The van der Waals surface area contributed by atoms with Crippen molar-refractivity contribution < 1.29 is 28.5 Å². The fourth-order valence-electron chi connectivity index (χ4n) is 4.16. The molecule has 0 amide bonds. The minimum absolute atomic E-state index is 0.0518. The van der Waals surface area contributed by atoms with Crippen molar-refractivity contribution in [3.8, 4) is 0 Å². The van der Waals surface area contributed by atoms with Gasteiger partial charge in [0.05, 0.1) is 50.1 Å². The molecule has 3 heterocycles. The van der Waals surface area contributed by atoms with Gasteiger partial charge in [0.25, 0.3) is 7.52 Å². The molecule has 1 aliphatic heterocycles. The number of carbonyl (C=O) groups is 1. The largest absolute Gasteiger partial charge is 0.462 e. The Morgan fingerprint density at radius 3 is 2.80 bits per heavy atom. The lowest BCUT2D eigenvalue weighted by Crippen LogP contribution is -2.41. The quantitative estimate of drug-likeness (QED) is 0.225. The summed E-state index contributed by atoms with van der Waals surface area (Å²) in [7, 11) is -3.37. The number of imidazole rings is 1. The van der Waals surface area contributed by atoms with Gasteiger partial charge >= 0.3 is 5.97 Å². The molecule has 13 heteroatoms. The molecule has 2 aromatic heterocycles. The maximum Gasteiger partial charge on any atom is 0.323 e. The Bertz CT molecular complexity index is 1100. The molecular formula is C22H35ClN5O6P. The number of nitrogens with one attached hydrogen (secondary N) is 2. The van der Waals surface area contributed by atoms with Gasteiger partial charge in [0.15, 0.2) is 5.65 Å². The maximum absolute atomic E-state index is 13.0. The zero-order valence-corrected chi connectivity index (χ0v) is 22.6. The zero-order chi connectivity index (χ0) is 26.0. The average molecular weight is 532 g/mol. The number of nitrogens with zero attached hydrogens (tertiary/aromatic N) is 3. The Kier molecular flexibility index (Phi) is 8.83. The Balaban J connectivity index is 1.76. The van der Waals surface area contributed by atoms with Crippen LogP contribution in [0.5, 0.6) is 0 Å². The van der Waals surface area contributed by atoms with E-state index < -0.39 is 31.0 Å². The van der Waals surface area contributed by atoms with Gasteiger partial charge in [-0.1, -0.05) is 18.5 Å². The molecule has 3 N–H and O–H groups in total. The topological polar surface area (TPSA) is 137 Å². The monoisotopic (exact) mass is 531 g/mol. The number of carbonyl (C=O) groups excluding carboxylic acids is 1. The number of halogens is 1. The van der Waals surface area contributed by atoms with Crippen LogP contribution in [0.4, 0.5) is 5.69 Å². The van der Waals surface area contributed by atoms with Crippen LogP contribution in [0.25, 0.3) is 11.2 Å². The molecule has 35 heavy (non-hydrogen) atoms. The number of esters is 1. The first-order valence-corrected chi connectivity index (χ1v) is 14.1. The van der Waals surface area contributed by atoms with Gasteiger partial charge in [-0.2, -0.15) is 0 Å². The van der Waals surface area contributed by atoms with Crippen molar-refractivity contribution in [2.45, 2.75) is 58.9 Å². The molecule has 196 valence electrons. The molecule has 0 bridgehead atoms. The lowest BCUT2D eigenvalue weighted by molar-refractivity contribution is -0.149. The Hall–Kier alpha value is -1.75. The number of hydrogen-bond acceptors (Lipinski definition) is 9. The Morgan fingerprint density at radius 2 is 2.17 bits per heavy atom. The van der Waals surface area contributed by atoms with E-state index in [-0.39, 0.29) is 32.0 Å². The third-order valence-corrected chi connectivity index (χ3v) is 7.79. The van der Waals surface area contributed by atoms with Crippen LogP contribution in [-0.2, 0) is 23.4 Å². The summed E-state index contributed by atoms with van der Waals surface area (Å²) < 4.78 is 31.7. The number of pyridine rings is 1. The fourth-order valence-corrected chi connectivity index (χ4v) is 5.65. The molecule has 0 saturated carbocycles. The van der Waals surface area contributed by atoms with Crippen molar-refractivity contribution in [2.75, 3.05) is 38.3 Å². The van der Waals surface area contributed by atoms with E-state index in [0.29, 0.717) is 22.9 Å². The molecule has 0 aliphatic carbocycles. The first kappa shape index (κ1) is 27.8. The summed E-state index contributed by atoms with van der Waals surface area (Å²) in [5.41, 5.74) is 1.22. The van der Waals surface area contributed by atoms with E-state index in [4.69, 9.17) is 25.6 Å². The van der Waals surface area contributed by atoms with Crippen molar-refractivity contribution in [3.05, 3.63) is 17.5 Å². The first-order valence-electron chi connectivity index (χ1n) is 11.6. The highest BCUT2D eigenvalue weighted by Crippen LogP contribution is 2.47. The minimum Gasteiger partial charge on any atom is -0.462 e. The highest BCUT2D eigenvalue weighted by Gasteiger charge is 2.50. The summed E-state index contributed by atoms with van der Waals surface area (Å²) in [4.78, 5) is 21.0. The summed E-state index contributed by atoms with van der Waals surface area (Å²) in [6.45, 7) is 11.0. The summed E-state index contributed by atoms with van der Waals surface area (Å²) in [5.74, 6) is -0.516. The smallest absolute Gasteiger partial charge is 0.323 e. The van der Waals surface area contributed by atoms with Gasteiger partial charge in [0.2, 0.25) is 0 Å². The summed E-state index contributed by atoms with van der Waals surface area (Å²) in [6.07, 6.45) is 0.805. The van der Waals surface area contributed by atoms with Crippen molar-refractivity contribution >= 4 is 41.9 Å². The Labute approximate surface area is 210 Å². The third-order valence-electron chi connectivity index (χ3n) is 6.10. The molecule has 2 aromatic rings. The van der Waals surface area contributed by atoms with Crippen molar-refractivity contribution in [3.63, 3.8) is 0 Å². The molecule has 11 nitrogen and oxygen atoms in total. The number of hydrogen-bond donors (Lipinski definition) is 3. The molecule has 1 fully saturated rings. The zero-order valence-electron chi connectivity index (χ0n) is 20.9. The molecular weight excluding hydrogens is 497 g/mol. The number of aromatic nitrogens is 3. The number of aliphatic hydroxyl groups is 1. The van der Waals surface area contributed by atoms with Gasteiger partial charge in [0.1, 0.15) is 16.7 Å². The fraction of sp³-hybridized carbons (Fsp3) is 0.682. The highest BCUT2D eigenvalue weighted by atomic mass is 35.5. The van der Waals surface area contributed by atoms with Gasteiger partial charge in [-0.25, -0.2) is 15.1 Å². The predicted molar refractivity (Wildman–Crippen MR) is 134 cm³/mol. The average Bonchev–Trinajstić information content (AvgIpc) is 3.32. The van der Waals surface area contributed by atoms with E-state index in [0.717, 1.165) is 5.69 Å². The number of ether oxygens (including phenoxy) is 2. The molecule has 0 aromatic carbocycles. The summed E-state index contributed by atoms with van der Waals surface area (Å²) >= 11 is 6.26. The predicted octanol–water partition coefficient (Wildman–Crippen LogP) is 3.22. The second-order valence-electron chi connectivity index (χ2n) is 9.33. The van der Waals surface area contributed by atoms with Crippen LogP contribution < -0.4 is 10.4 Å². The number of aliphatic hydroxyl groups excluding tert-OH is 1. The van der Waals surface area contributed by atoms with E-state index >= 15 is 0 Å². The van der Waals surface area contributed by atoms with Gasteiger partial charge in [-0.05, 0) is 27.7 Å². The number of anilines is 1. The SMILES string of the molecule is CCNc1cc(Cl)nc2c1ncn2[C@H]1CO[C@H](COP(C)(=O)N[C@@H](C)C(=O)OC(C)C)C1(C)CO. The van der Waals surface area contributed by atoms with Gasteiger partial charge in [0, 0.05) is 24.7 Å². The molecule has 3 rings (SSSR count). The minimum atomic E-state index is -3.37. The normalized spacial score (nSPS) is 25.1. The lowest BCUT2D eigenvalue weighted by Gasteiger charge is -2.34. The van der Waals surface area contributed by atoms with Crippen LogP contribution >= 0.6 is 19.1 Å². The van der Waals surface area contributed by atoms with Crippen molar-refractivity contribution in [1.29, 1.82) is 0 Å². The van der Waals surface area contributed by atoms with Crippen molar-refractivity contribution in [2.24, 2.45) is 5.41 Å². The highest BCUT2D eigenvalue weighted by molar-refractivity contribution is 7.56. The van der Waals surface area contributed by atoms with E-state index in [1.807, 2.05) is 18.4 Å². The third kappa shape index (κ3) is 6.15. The first-order chi connectivity index (χ1) is 16.4. The van der Waals surface area contributed by atoms with Gasteiger partial charge < -0.3 is 29.0 Å². The summed E-state index contributed by atoms with van der Waals surface area (Å²) in [6, 6.07) is 0.589. The van der Waals surface area contributed by atoms with Crippen LogP contribution in [0.1, 0.15) is 40.7 Å². The van der Waals surface area contributed by atoms with E-state index in [2.05, 4.69) is 20.4 Å². The van der Waals surface area contributed by atoms with Crippen molar-refractivity contribution in [1.82, 2.24) is 19.6 Å². The molecule has 1 aliphatic rings. The van der Waals surface area contributed by atoms with Crippen LogP contribution in [0, 0.1) is 5.41 Å². The van der Waals surface area contributed by atoms with Gasteiger partial charge in [-0.3, -0.25) is 9.36 Å². The second-order valence-corrected chi connectivity index (χ2v) is 11.9. The lowest BCUT2D eigenvalue weighted by atomic mass is 9.80. The molecule has 0 radical (unpaired) electrons. The van der Waals surface area contributed by atoms with Gasteiger partial charge in [-0.15, -0.1) is 0 Å². The van der Waals surface area contributed by atoms with Crippen LogP contribution in [-0.4, -0.2) is 76.9 Å². The molecule has 5 atom stereocenters. The van der Waals surface area contributed by atoms with Crippen LogP contribution in [0.2, 0.25) is 5.15 Å². The van der Waals surface area contributed by atoms with Crippen LogP contribution in [0.15, 0.2) is 12.4 Å². The standard InChI is InChI=1S/C22H35ClN5O6P/c1-7-24-15-8-18(23)26-20-19(15)25-12-28(20)16-9-32-17(22(16,5)11-29)10-33-35(6,31)27-14(4)21(30)34-13(2)3/h8,12-14,16-17,29H,7,9-11H2,1-6H3,(H,24,26)(H,27,31)/t14-,16-,17+,22?,35?/m0/s1. The Morgan fingerprint density at radius 1 is 1.46 bits per heavy atom. The number of rotatable bonds is 11. The molecule has 1 saturated heterocycles. The molecule has 2 unspecified atom stereocenters. The maximum atomic E-state index is 13.0. The second kappa shape index (κ2) is 11.1.